The van der Waals surface area contributed by atoms with Crippen LogP contribution in [-0.4, -0.2) is 0 Å². The van der Waals surface area contributed by atoms with Gasteiger partial charge in [0, 0.05) is 16.9 Å². The van der Waals surface area contributed by atoms with Crippen molar-refractivity contribution in [2.45, 2.75) is 0 Å². The summed E-state index contributed by atoms with van der Waals surface area (Å²) in [7, 11) is 0. The monoisotopic (exact) mass is 221 g/mol. The van der Waals surface area contributed by atoms with Crippen molar-refractivity contribution in [1.29, 1.82) is 0 Å². The highest BCUT2D eigenvalue weighted by Crippen LogP contribution is 2.20. The van der Waals surface area contributed by atoms with Gasteiger partial charge in [0.05, 0.1) is 0 Å². The van der Waals surface area contributed by atoms with Crippen LogP contribution in [0.5, 0.6) is 0 Å². The van der Waals surface area contributed by atoms with Crippen molar-refractivity contribution in [3.05, 3.63) is 78.9 Å². The summed E-state index contributed by atoms with van der Waals surface area (Å²) in [5.41, 5.74) is 4.08. The summed E-state index contributed by atoms with van der Waals surface area (Å²) in [6.07, 6.45) is 1.84. The Morgan fingerprint density at radius 3 is 2.29 bits per heavy atom. The topological polar surface area (TPSA) is 12.0 Å². The summed E-state index contributed by atoms with van der Waals surface area (Å²) in [5, 5.41) is 3.29. The van der Waals surface area contributed by atoms with E-state index in [1.165, 1.54) is 0 Å². The van der Waals surface area contributed by atoms with E-state index in [1.54, 1.807) is 0 Å². The van der Waals surface area contributed by atoms with Crippen LogP contribution >= 0.6 is 0 Å². The predicted molar refractivity (Wildman–Crippen MR) is 75.6 cm³/mol. The molecular weight excluding hydrogens is 206 g/mol. The van der Waals surface area contributed by atoms with Crippen molar-refractivity contribution in [3.8, 4) is 0 Å². The summed E-state index contributed by atoms with van der Waals surface area (Å²) >= 11 is 0. The maximum absolute atomic E-state index is 4.07. The van der Waals surface area contributed by atoms with Crippen LogP contribution in [0.4, 0.5) is 5.69 Å². The van der Waals surface area contributed by atoms with Crippen molar-refractivity contribution in [3.63, 3.8) is 0 Å². The highest BCUT2D eigenvalue weighted by Gasteiger charge is 2.02. The van der Waals surface area contributed by atoms with Crippen molar-refractivity contribution >= 4 is 17.5 Å². The van der Waals surface area contributed by atoms with E-state index >= 15 is 0 Å². The molecule has 0 spiro atoms. The van der Waals surface area contributed by atoms with E-state index in [-0.39, 0.29) is 0 Å². The average molecular weight is 221 g/mol. The Kier molecular flexibility index (Phi) is 3.41. The van der Waals surface area contributed by atoms with E-state index in [9.17, 15) is 0 Å². The first-order valence-electron chi connectivity index (χ1n) is 5.54. The van der Waals surface area contributed by atoms with Gasteiger partial charge in [-0.3, -0.25) is 0 Å². The number of hydrogen-bond donors (Lipinski definition) is 1. The Bertz CT molecular complexity index is 526. The predicted octanol–water partition coefficient (Wildman–Crippen LogP) is 4.41. The summed E-state index contributed by atoms with van der Waals surface area (Å²) in [6.45, 7) is 7.88. The third-order valence-corrected chi connectivity index (χ3v) is 2.57. The second-order valence-corrected chi connectivity index (χ2v) is 3.76. The molecule has 17 heavy (non-hydrogen) atoms. The highest BCUT2D eigenvalue weighted by atomic mass is 14.9. The lowest BCUT2D eigenvalue weighted by Crippen LogP contribution is -1.98. The molecular formula is C16H15N. The lowest BCUT2D eigenvalue weighted by molar-refractivity contribution is 1.52. The molecule has 2 aromatic carbocycles. The standard InChI is InChI=1S/C16H15N/c1-3-14-9-7-8-12-16(14)13(2)17-15-10-5-4-6-11-15/h3-12,17H,1-2H2. The molecule has 0 atom stereocenters. The zero-order valence-corrected chi connectivity index (χ0v) is 9.69. The molecule has 1 heteroatoms. The third-order valence-electron chi connectivity index (χ3n) is 2.57. The van der Waals surface area contributed by atoms with Gasteiger partial charge in [-0.15, -0.1) is 0 Å². The average Bonchev–Trinajstić information content (AvgIpc) is 2.40. The zero-order valence-electron chi connectivity index (χ0n) is 9.69. The normalized spacial score (nSPS) is 9.65. The van der Waals surface area contributed by atoms with Crippen LogP contribution in [0.1, 0.15) is 11.1 Å². The fraction of sp³-hybridized carbons (Fsp3) is 0. The minimum Gasteiger partial charge on any atom is -0.356 e. The Balaban J connectivity index is 2.23. The summed E-state index contributed by atoms with van der Waals surface area (Å²) in [6, 6.07) is 18.1. The molecule has 0 aliphatic heterocycles. The largest absolute Gasteiger partial charge is 0.356 e. The molecule has 0 unspecified atom stereocenters. The molecule has 1 nitrogen and oxygen atoms in total. The van der Waals surface area contributed by atoms with Gasteiger partial charge < -0.3 is 5.32 Å². The van der Waals surface area contributed by atoms with Gasteiger partial charge in [0.25, 0.3) is 0 Å². The molecule has 0 aromatic heterocycles. The number of rotatable bonds is 4. The zero-order chi connectivity index (χ0) is 12.1. The van der Waals surface area contributed by atoms with Gasteiger partial charge in [-0.05, 0) is 17.7 Å². The maximum atomic E-state index is 4.07. The van der Waals surface area contributed by atoms with Crippen molar-refractivity contribution in [2.24, 2.45) is 0 Å². The molecule has 0 aliphatic carbocycles. The summed E-state index contributed by atoms with van der Waals surface area (Å²) < 4.78 is 0. The summed E-state index contributed by atoms with van der Waals surface area (Å²) in [5.74, 6) is 0. The van der Waals surface area contributed by atoms with Crippen LogP contribution < -0.4 is 5.32 Å². The lowest BCUT2D eigenvalue weighted by Gasteiger charge is -2.12. The quantitative estimate of drug-likeness (QED) is 0.806. The van der Waals surface area contributed by atoms with Gasteiger partial charge >= 0.3 is 0 Å². The van der Waals surface area contributed by atoms with Crippen molar-refractivity contribution in [2.75, 3.05) is 5.32 Å². The smallest absolute Gasteiger partial charge is 0.0390 e. The molecule has 1 N–H and O–H groups in total. The van der Waals surface area contributed by atoms with Crippen LogP contribution in [0.2, 0.25) is 0 Å². The van der Waals surface area contributed by atoms with Gasteiger partial charge in [0.15, 0.2) is 0 Å². The van der Waals surface area contributed by atoms with Crippen LogP contribution in [-0.2, 0) is 0 Å². The number of para-hydroxylation sites is 1. The third kappa shape index (κ3) is 2.64. The maximum Gasteiger partial charge on any atom is 0.0390 e. The molecule has 0 heterocycles. The van der Waals surface area contributed by atoms with E-state index < -0.39 is 0 Å². The van der Waals surface area contributed by atoms with Crippen molar-refractivity contribution in [1.82, 2.24) is 0 Å². The van der Waals surface area contributed by atoms with Crippen LogP contribution in [0.15, 0.2) is 67.8 Å². The number of nitrogens with one attached hydrogen (secondary N) is 1. The molecule has 0 fully saturated rings. The Morgan fingerprint density at radius 2 is 1.59 bits per heavy atom. The molecule has 0 amide bonds. The first-order valence-corrected chi connectivity index (χ1v) is 5.54. The number of anilines is 1. The van der Waals surface area contributed by atoms with Gasteiger partial charge in [-0.25, -0.2) is 0 Å². The molecule has 0 bridgehead atoms. The van der Waals surface area contributed by atoms with E-state index in [2.05, 4.69) is 18.5 Å². The molecule has 84 valence electrons. The fourth-order valence-electron chi connectivity index (χ4n) is 1.71. The Hall–Kier alpha value is -2.28. The molecule has 0 aliphatic rings. The molecule has 0 saturated carbocycles. The lowest BCUT2D eigenvalue weighted by atomic mass is 10.1. The molecule has 2 aromatic rings. The first-order chi connectivity index (χ1) is 8.31. The van der Waals surface area contributed by atoms with Crippen LogP contribution in [0.25, 0.3) is 11.8 Å². The molecule has 0 radical (unpaired) electrons. The first kappa shape index (κ1) is 11.2. The molecule has 2 rings (SSSR count). The van der Waals surface area contributed by atoms with Gasteiger partial charge in [-0.2, -0.15) is 0 Å². The Morgan fingerprint density at radius 1 is 0.941 bits per heavy atom. The fourth-order valence-corrected chi connectivity index (χ4v) is 1.71. The SMILES string of the molecule is C=Cc1ccccc1C(=C)Nc1ccccc1. The second-order valence-electron chi connectivity index (χ2n) is 3.76. The number of benzene rings is 2. The second kappa shape index (κ2) is 5.17. The Labute approximate surface area is 102 Å². The van der Waals surface area contributed by atoms with E-state index in [0.29, 0.717) is 0 Å². The van der Waals surface area contributed by atoms with Crippen LogP contribution in [0, 0.1) is 0 Å². The van der Waals surface area contributed by atoms with E-state index in [1.807, 2.05) is 60.7 Å². The minimum absolute atomic E-state index is 0.881. The van der Waals surface area contributed by atoms with E-state index in [0.717, 1.165) is 22.5 Å². The van der Waals surface area contributed by atoms with Gasteiger partial charge in [0.2, 0.25) is 0 Å². The van der Waals surface area contributed by atoms with Crippen LogP contribution in [0.3, 0.4) is 0 Å². The minimum atomic E-state index is 0.881. The summed E-state index contributed by atoms with van der Waals surface area (Å²) in [4.78, 5) is 0. The molecule has 0 saturated heterocycles. The van der Waals surface area contributed by atoms with Gasteiger partial charge in [0.1, 0.15) is 0 Å². The van der Waals surface area contributed by atoms with Crippen molar-refractivity contribution < 1.29 is 0 Å². The highest BCUT2D eigenvalue weighted by molar-refractivity contribution is 5.80. The number of hydrogen-bond acceptors (Lipinski definition) is 1. The van der Waals surface area contributed by atoms with Gasteiger partial charge in [-0.1, -0.05) is 61.7 Å². The van der Waals surface area contributed by atoms with E-state index in [4.69, 9.17) is 0 Å².